The van der Waals surface area contributed by atoms with E-state index in [-0.39, 0.29) is 16.7 Å². The molecular formula is C12H16BrF2NO. The fraction of sp³-hybridized carbons (Fsp3) is 0.500. The lowest BCUT2D eigenvalue weighted by atomic mass is 9.97. The van der Waals surface area contributed by atoms with Crippen molar-refractivity contribution >= 4 is 21.6 Å². The van der Waals surface area contributed by atoms with Crippen molar-refractivity contribution < 1.29 is 13.9 Å². The van der Waals surface area contributed by atoms with Crippen LogP contribution in [0.5, 0.6) is 0 Å². The van der Waals surface area contributed by atoms with Crippen molar-refractivity contribution in [1.29, 1.82) is 0 Å². The zero-order valence-corrected chi connectivity index (χ0v) is 11.4. The van der Waals surface area contributed by atoms with Gasteiger partial charge in [-0.3, -0.25) is 0 Å². The van der Waals surface area contributed by atoms with Gasteiger partial charge >= 0.3 is 0 Å². The summed E-state index contributed by atoms with van der Waals surface area (Å²) in [5.74, 6) is -1.31. The highest BCUT2D eigenvalue weighted by Crippen LogP contribution is 2.25. The minimum absolute atomic E-state index is 0.179. The van der Waals surface area contributed by atoms with Crippen LogP contribution >= 0.6 is 15.9 Å². The van der Waals surface area contributed by atoms with Crippen LogP contribution in [0.3, 0.4) is 0 Å². The molecule has 1 aromatic rings. The molecule has 0 atom stereocenters. The molecule has 0 fully saturated rings. The van der Waals surface area contributed by atoms with Crippen molar-refractivity contribution in [2.24, 2.45) is 0 Å². The molecule has 1 rings (SSSR count). The molecule has 0 bridgehead atoms. The van der Waals surface area contributed by atoms with E-state index in [9.17, 15) is 13.9 Å². The SMILES string of the molecule is CCC(O)(CC)CNc1cc(Br)c(F)cc1F. The van der Waals surface area contributed by atoms with Gasteiger partial charge in [-0.15, -0.1) is 0 Å². The molecule has 2 nitrogen and oxygen atoms in total. The number of hydrogen-bond acceptors (Lipinski definition) is 2. The number of aliphatic hydroxyl groups is 1. The van der Waals surface area contributed by atoms with Gasteiger partial charge in [0.15, 0.2) is 0 Å². The van der Waals surface area contributed by atoms with E-state index in [2.05, 4.69) is 21.2 Å². The molecule has 0 saturated carbocycles. The normalized spacial score (nSPS) is 11.6. The van der Waals surface area contributed by atoms with Crippen LogP contribution in [0.25, 0.3) is 0 Å². The summed E-state index contributed by atoms with van der Waals surface area (Å²) in [4.78, 5) is 0. The Bertz CT molecular complexity index is 394. The van der Waals surface area contributed by atoms with E-state index in [0.29, 0.717) is 12.8 Å². The first-order valence-electron chi connectivity index (χ1n) is 5.52. The summed E-state index contributed by atoms with van der Waals surface area (Å²) >= 11 is 2.99. The molecule has 0 aliphatic carbocycles. The zero-order valence-electron chi connectivity index (χ0n) is 9.86. The van der Waals surface area contributed by atoms with E-state index < -0.39 is 17.2 Å². The Morgan fingerprint density at radius 3 is 2.35 bits per heavy atom. The van der Waals surface area contributed by atoms with Gasteiger partial charge in [0, 0.05) is 12.6 Å². The zero-order chi connectivity index (χ0) is 13.1. The van der Waals surface area contributed by atoms with E-state index >= 15 is 0 Å². The van der Waals surface area contributed by atoms with Gasteiger partial charge in [0.25, 0.3) is 0 Å². The standard InChI is InChI=1S/C12H16BrF2NO/c1-3-12(17,4-2)7-16-11-5-8(13)9(14)6-10(11)15/h5-6,16-17H,3-4,7H2,1-2H3. The second-order valence-electron chi connectivity index (χ2n) is 4.03. The Labute approximate surface area is 108 Å². The minimum Gasteiger partial charge on any atom is -0.388 e. The molecule has 0 spiro atoms. The highest BCUT2D eigenvalue weighted by atomic mass is 79.9. The van der Waals surface area contributed by atoms with Crippen LogP contribution in [0.1, 0.15) is 26.7 Å². The van der Waals surface area contributed by atoms with E-state index in [1.807, 2.05) is 13.8 Å². The van der Waals surface area contributed by atoms with Gasteiger partial charge in [-0.2, -0.15) is 0 Å². The summed E-state index contributed by atoms with van der Waals surface area (Å²) in [6.45, 7) is 3.96. The quantitative estimate of drug-likeness (QED) is 0.813. The highest BCUT2D eigenvalue weighted by Gasteiger charge is 2.22. The minimum atomic E-state index is -0.868. The predicted octanol–water partition coefficient (Wildman–Crippen LogP) is 3.69. The molecule has 0 aliphatic heterocycles. The van der Waals surface area contributed by atoms with Gasteiger partial charge in [-0.25, -0.2) is 8.78 Å². The molecule has 5 heteroatoms. The van der Waals surface area contributed by atoms with Crippen molar-refractivity contribution in [3.8, 4) is 0 Å². The van der Waals surface area contributed by atoms with E-state index in [0.717, 1.165) is 6.07 Å². The summed E-state index contributed by atoms with van der Waals surface area (Å²) in [6, 6.07) is 2.14. The first kappa shape index (κ1) is 14.4. The van der Waals surface area contributed by atoms with Gasteiger partial charge < -0.3 is 10.4 Å². The van der Waals surface area contributed by atoms with Gasteiger partial charge in [0.2, 0.25) is 0 Å². The van der Waals surface area contributed by atoms with Crippen molar-refractivity contribution in [2.45, 2.75) is 32.3 Å². The second kappa shape index (κ2) is 5.78. The van der Waals surface area contributed by atoms with Crippen LogP contribution in [0.15, 0.2) is 16.6 Å². The number of nitrogens with one attached hydrogen (secondary N) is 1. The molecule has 0 aliphatic rings. The fourth-order valence-corrected chi connectivity index (χ4v) is 1.76. The lowest BCUT2D eigenvalue weighted by molar-refractivity contribution is 0.0456. The van der Waals surface area contributed by atoms with Crippen molar-refractivity contribution in [1.82, 2.24) is 0 Å². The molecule has 0 radical (unpaired) electrons. The molecule has 17 heavy (non-hydrogen) atoms. The number of rotatable bonds is 5. The van der Waals surface area contributed by atoms with E-state index in [4.69, 9.17) is 0 Å². The molecule has 2 N–H and O–H groups in total. The fourth-order valence-electron chi connectivity index (χ4n) is 1.42. The maximum Gasteiger partial charge on any atom is 0.149 e. The Balaban J connectivity index is 2.79. The predicted molar refractivity (Wildman–Crippen MR) is 68.1 cm³/mol. The average Bonchev–Trinajstić information content (AvgIpc) is 2.32. The van der Waals surface area contributed by atoms with Crippen molar-refractivity contribution in [2.75, 3.05) is 11.9 Å². The first-order chi connectivity index (χ1) is 7.91. The smallest absolute Gasteiger partial charge is 0.149 e. The summed E-state index contributed by atoms with van der Waals surface area (Å²) < 4.78 is 26.6. The Morgan fingerprint density at radius 1 is 1.24 bits per heavy atom. The van der Waals surface area contributed by atoms with Crippen LogP contribution in [0, 0.1) is 11.6 Å². The van der Waals surface area contributed by atoms with Crippen LogP contribution in [-0.4, -0.2) is 17.3 Å². The number of halogens is 3. The average molecular weight is 308 g/mol. The lowest BCUT2D eigenvalue weighted by Crippen LogP contribution is -2.35. The molecule has 0 amide bonds. The second-order valence-corrected chi connectivity index (χ2v) is 4.89. The third-order valence-electron chi connectivity index (χ3n) is 2.93. The molecule has 0 aromatic heterocycles. The third kappa shape index (κ3) is 3.64. The van der Waals surface area contributed by atoms with Crippen LogP contribution in [0.2, 0.25) is 0 Å². The Morgan fingerprint density at radius 2 is 1.82 bits per heavy atom. The molecule has 0 heterocycles. The topological polar surface area (TPSA) is 32.3 Å². The van der Waals surface area contributed by atoms with Crippen LogP contribution in [0.4, 0.5) is 14.5 Å². The number of hydrogen-bond donors (Lipinski definition) is 2. The van der Waals surface area contributed by atoms with Crippen LogP contribution < -0.4 is 5.32 Å². The maximum absolute atomic E-state index is 13.4. The summed E-state index contributed by atoms with van der Waals surface area (Å²) in [7, 11) is 0. The molecule has 96 valence electrons. The Kier molecular flexibility index (Phi) is 4.89. The maximum atomic E-state index is 13.4. The summed E-state index contributed by atoms with van der Waals surface area (Å²) in [5, 5.41) is 12.8. The molecule has 0 saturated heterocycles. The Hall–Kier alpha value is -0.680. The lowest BCUT2D eigenvalue weighted by Gasteiger charge is -2.26. The molecule has 0 unspecified atom stereocenters. The van der Waals surface area contributed by atoms with Crippen molar-refractivity contribution in [3.05, 3.63) is 28.2 Å². The van der Waals surface area contributed by atoms with Gasteiger partial charge in [-0.1, -0.05) is 13.8 Å². The van der Waals surface area contributed by atoms with E-state index in [1.165, 1.54) is 6.07 Å². The van der Waals surface area contributed by atoms with Crippen LogP contribution in [-0.2, 0) is 0 Å². The van der Waals surface area contributed by atoms with Gasteiger partial charge in [0.05, 0.1) is 15.8 Å². The van der Waals surface area contributed by atoms with Gasteiger partial charge in [0.1, 0.15) is 11.6 Å². The third-order valence-corrected chi connectivity index (χ3v) is 3.54. The monoisotopic (exact) mass is 307 g/mol. The summed E-state index contributed by atoms with van der Waals surface area (Å²) in [5.41, 5.74) is -0.688. The molecular weight excluding hydrogens is 292 g/mol. The first-order valence-corrected chi connectivity index (χ1v) is 6.32. The highest BCUT2D eigenvalue weighted by molar-refractivity contribution is 9.10. The molecule has 1 aromatic carbocycles. The largest absolute Gasteiger partial charge is 0.388 e. The summed E-state index contributed by atoms with van der Waals surface area (Å²) in [6.07, 6.45) is 1.14. The van der Waals surface area contributed by atoms with Crippen molar-refractivity contribution in [3.63, 3.8) is 0 Å². The van der Waals surface area contributed by atoms with E-state index in [1.54, 1.807) is 0 Å². The number of anilines is 1. The van der Waals surface area contributed by atoms with Gasteiger partial charge in [-0.05, 0) is 34.8 Å². The number of benzene rings is 1.